The predicted molar refractivity (Wildman–Crippen MR) is 40.8 cm³/mol. The molecule has 0 bridgehead atoms. The Bertz CT molecular complexity index is 244. The highest BCUT2D eigenvalue weighted by molar-refractivity contribution is 5.47. The lowest BCUT2D eigenvalue weighted by Gasteiger charge is -2.04. The second-order valence-electron chi connectivity index (χ2n) is 2.42. The van der Waals surface area contributed by atoms with Crippen LogP contribution in [-0.4, -0.2) is 16.2 Å². The Morgan fingerprint density at radius 3 is 3.00 bits per heavy atom. The molecule has 0 aliphatic rings. The van der Waals surface area contributed by atoms with Gasteiger partial charge in [-0.1, -0.05) is 0 Å². The quantitative estimate of drug-likeness (QED) is 0.632. The minimum atomic E-state index is -0.00583. The topological polar surface area (TPSA) is 46.9 Å². The molecule has 0 aliphatic carbocycles. The van der Waals surface area contributed by atoms with Gasteiger partial charge in [-0.15, -0.1) is 0 Å². The summed E-state index contributed by atoms with van der Waals surface area (Å²) in [6.45, 7) is 1.89. The van der Waals surface area contributed by atoms with Crippen LogP contribution < -0.4 is 5.32 Å². The number of rotatable bonds is 3. The molecule has 0 aliphatic heterocycles. The van der Waals surface area contributed by atoms with Gasteiger partial charge in [0.2, 0.25) is 6.41 Å². The van der Waals surface area contributed by atoms with E-state index in [1.807, 2.05) is 26.2 Å². The highest BCUT2D eigenvalue weighted by Crippen LogP contribution is 2.06. The number of nitrogens with one attached hydrogen (secondary N) is 1. The van der Waals surface area contributed by atoms with E-state index < -0.39 is 0 Å². The number of hydrogen-bond donors (Lipinski definition) is 1. The summed E-state index contributed by atoms with van der Waals surface area (Å²) in [7, 11) is 1.84. The highest BCUT2D eigenvalue weighted by atomic mass is 16.1. The molecule has 1 aromatic heterocycles. The first kappa shape index (κ1) is 7.78. The molecular formula is C7H11N3O. The molecule has 1 heterocycles. The largest absolute Gasteiger partial charge is 0.351 e. The molecule has 0 saturated carbocycles. The lowest BCUT2D eigenvalue weighted by molar-refractivity contribution is -0.110. The fourth-order valence-electron chi connectivity index (χ4n) is 0.851. The molecule has 11 heavy (non-hydrogen) atoms. The summed E-state index contributed by atoms with van der Waals surface area (Å²) < 4.78 is 1.71. The molecule has 0 saturated heterocycles. The second kappa shape index (κ2) is 3.18. The molecule has 4 nitrogen and oxygen atoms in total. The number of amides is 1. The molecule has 1 aromatic rings. The zero-order valence-electron chi connectivity index (χ0n) is 6.61. The van der Waals surface area contributed by atoms with Crippen molar-refractivity contribution in [2.24, 2.45) is 7.05 Å². The van der Waals surface area contributed by atoms with Gasteiger partial charge in [0.05, 0.1) is 11.7 Å². The van der Waals surface area contributed by atoms with Crippen LogP contribution in [0.1, 0.15) is 18.7 Å². The van der Waals surface area contributed by atoms with Crippen LogP contribution in [0, 0.1) is 0 Å². The molecule has 1 amide bonds. The Balaban J connectivity index is 2.67. The monoisotopic (exact) mass is 153 g/mol. The van der Waals surface area contributed by atoms with Crippen molar-refractivity contribution in [3.05, 3.63) is 18.0 Å². The summed E-state index contributed by atoms with van der Waals surface area (Å²) in [6, 6.07) is 1.87. The first-order valence-electron chi connectivity index (χ1n) is 3.43. The minimum Gasteiger partial charge on any atom is -0.351 e. The molecule has 1 unspecified atom stereocenters. The average Bonchev–Trinajstić information content (AvgIpc) is 2.36. The van der Waals surface area contributed by atoms with E-state index in [1.165, 1.54) is 0 Å². The first-order chi connectivity index (χ1) is 5.24. The molecule has 60 valence electrons. The predicted octanol–water partition coefficient (Wildman–Crippen LogP) is 0.227. The molecule has 0 radical (unpaired) electrons. The van der Waals surface area contributed by atoms with Crippen LogP contribution in [0.4, 0.5) is 0 Å². The Morgan fingerprint density at radius 1 is 1.82 bits per heavy atom. The van der Waals surface area contributed by atoms with E-state index >= 15 is 0 Å². The molecular weight excluding hydrogens is 142 g/mol. The molecule has 0 spiro atoms. The van der Waals surface area contributed by atoms with E-state index in [1.54, 1.807) is 4.68 Å². The lowest BCUT2D eigenvalue weighted by atomic mass is 10.2. The van der Waals surface area contributed by atoms with Gasteiger partial charge in [-0.05, 0) is 13.0 Å². The fraction of sp³-hybridized carbons (Fsp3) is 0.429. The molecule has 1 rings (SSSR count). The molecule has 0 aromatic carbocycles. The number of hydrogen-bond acceptors (Lipinski definition) is 2. The third-order valence-corrected chi connectivity index (χ3v) is 1.50. The van der Waals surface area contributed by atoms with Crippen molar-refractivity contribution in [2.45, 2.75) is 13.0 Å². The maximum atomic E-state index is 10.0. The van der Waals surface area contributed by atoms with Crippen molar-refractivity contribution in [1.82, 2.24) is 15.1 Å². The van der Waals surface area contributed by atoms with Crippen LogP contribution in [0.25, 0.3) is 0 Å². The number of nitrogens with zero attached hydrogens (tertiary/aromatic N) is 2. The SMILES string of the molecule is CC(NC=O)c1ccn(C)n1. The third-order valence-electron chi connectivity index (χ3n) is 1.50. The summed E-state index contributed by atoms with van der Waals surface area (Å²) >= 11 is 0. The minimum absolute atomic E-state index is 0.00583. The van der Waals surface area contributed by atoms with Gasteiger partial charge in [0.15, 0.2) is 0 Å². The van der Waals surface area contributed by atoms with Crippen LogP contribution in [0.2, 0.25) is 0 Å². The summed E-state index contributed by atoms with van der Waals surface area (Å²) in [4.78, 5) is 10.0. The van der Waals surface area contributed by atoms with Gasteiger partial charge in [0, 0.05) is 13.2 Å². The molecule has 0 fully saturated rings. The van der Waals surface area contributed by atoms with Crippen molar-refractivity contribution in [1.29, 1.82) is 0 Å². The first-order valence-corrected chi connectivity index (χ1v) is 3.43. The highest BCUT2D eigenvalue weighted by Gasteiger charge is 2.04. The summed E-state index contributed by atoms with van der Waals surface area (Å²) in [6.07, 6.45) is 2.53. The van der Waals surface area contributed by atoms with Crippen molar-refractivity contribution >= 4 is 6.41 Å². The van der Waals surface area contributed by atoms with Gasteiger partial charge >= 0.3 is 0 Å². The third kappa shape index (κ3) is 1.80. The molecule has 1 N–H and O–H groups in total. The van der Waals surface area contributed by atoms with Crippen LogP contribution in [-0.2, 0) is 11.8 Å². The number of carbonyl (C=O) groups excluding carboxylic acids is 1. The van der Waals surface area contributed by atoms with E-state index in [0.29, 0.717) is 6.41 Å². The van der Waals surface area contributed by atoms with Gasteiger partial charge in [-0.2, -0.15) is 5.10 Å². The zero-order chi connectivity index (χ0) is 8.27. The summed E-state index contributed by atoms with van der Waals surface area (Å²) in [5, 5.41) is 6.74. The summed E-state index contributed by atoms with van der Waals surface area (Å²) in [5.74, 6) is 0. The molecule has 4 heteroatoms. The van der Waals surface area contributed by atoms with Crippen molar-refractivity contribution in [3.8, 4) is 0 Å². The fourth-order valence-corrected chi connectivity index (χ4v) is 0.851. The van der Waals surface area contributed by atoms with Crippen LogP contribution in [0.3, 0.4) is 0 Å². The Morgan fingerprint density at radius 2 is 2.55 bits per heavy atom. The normalized spacial score (nSPS) is 12.5. The van der Waals surface area contributed by atoms with Gasteiger partial charge < -0.3 is 5.32 Å². The van der Waals surface area contributed by atoms with Crippen molar-refractivity contribution in [3.63, 3.8) is 0 Å². The Hall–Kier alpha value is -1.32. The standard InChI is InChI=1S/C7H11N3O/c1-6(8-5-11)7-3-4-10(2)9-7/h3-6H,1-2H3,(H,8,11). The summed E-state index contributed by atoms with van der Waals surface area (Å²) in [5.41, 5.74) is 0.875. The van der Waals surface area contributed by atoms with Crippen LogP contribution >= 0.6 is 0 Å². The maximum absolute atomic E-state index is 10.0. The smallest absolute Gasteiger partial charge is 0.207 e. The lowest BCUT2D eigenvalue weighted by Crippen LogP contribution is -2.16. The second-order valence-corrected chi connectivity index (χ2v) is 2.42. The van der Waals surface area contributed by atoms with Gasteiger partial charge in [0.25, 0.3) is 0 Å². The Labute approximate surface area is 65.2 Å². The van der Waals surface area contributed by atoms with Gasteiger partial charge in [-0.3, -0.25) is 9.48 Å². The van der Waals surface area contributed by atoms with E-state index in [4.69, 9.17) is 0 Å². The maximum Gasteiger partial charge on any atom is 0.207 e. The van der Waals surface area contributed by atoms with E-state index in [0.717, 1.165) is 5.69 Å². The van der Waals surface area contributed by atoms with Gasteiger partial charge in [0.1, 0.15) is 0 Å². The molecule has 1 atom stereocenters. The van der Waals surface area contributed by atoms with E-state index in [-0.39, 0.29) is 6.04 Å². The zero-order valence-corrected chi connectivity index (χ0v) is 6.61. The van der Waals surface area contributed by atoms with Crippen LogP contribution in [0.5, 0.6) is 0 Å². The average molecular weight is 153 g/mol. The van der Waals surface area contributed by atoms with Gasteiger partial charge in [-0.25, -0.2) is 0 Å². The Kier molecular flexibility index (Phi) is 2.25. The number of aryl methyl sites for hydroxylation is 1. The van der Waals surface area contributed by atoms with Crippen molar-refractivity contribution < 1.29 is 4.79 Å². The number of carbonyl (C=O) groups is 1. The number of aromatic nitrogens is 2. The van der Waals surface area contributed by atoms with Crippen LogP contribution in [0.15, 0.2) is 12.3 Å². The van der Waals surface area contributed by atoms with E-state index in [9.17, 15) is 4.79 Å². The van der Waals surface area contributed by atoms with E-state index in [2.05, 4.69) is 10.4 Å². The van der Waals surface area contributed by atoms with Crippen molar-refractivity contribution in [2.75, 3.05) is 0 Å².